The first-order valence-corrected chi connectivity index (χ1v) is 8.64. The molecule has 2 aliphatic rings. The maximum Gasteiger partial charge on any atom is 0.470 e. The summed E-state index contributed by atoms with van der Waals surface area (Å²) < 4.78 is 43.9. The van der Waals surface area contributed by atoms with Crippen molar-refractivity contribution in [3.8, 4) is 0 Å². The third kappa shape index (κ3) is 3.37. The van der Waals surface area contributed by atoms with Gasteiger partial charge in [-0.1, -0.05) is 0 Å². The van der Waals surface area contributed by atoms with Gasteiger partial charge in [-0.05, 0) is 44.2 Å². The van der Waals surface area contributed by atoms with Crippen LogP contribution in [0, 0.1) is 0 Å². The molecule has 2 aromatic rings. The Labute approximate surface area is 146 Å². The second kappa shape index (κ2) is 6.49. The molecule has 0 aromatic carbocycles. The van der Waals surface area contributed by atoms with Crippen molar-refractivity contribution in [3.05, 3.63) is 39.5 Å². The summed E-state index contributed by atoms with van der Waals surface area (Å²) in [5, 5.41) is 11.0. The number of likely N-dealkylation sites (tertiary alicyclic amines) is 1. The average molecular weight is 369 g/mol. The Balaban J connectivity index is 1.47. The largest absolute Gasteiger partial charge is 0.470 e. The second-order valence-electron chi connectivity index (χ2n) is 6.76. The molecule has 3 heterocycles. The van der Waals surface area contributed by atoms with Crippen molar-refractivity contribution < 1.29 is 17.6 Å². The smallest absolute Gasteiger partial charge is 0.416 e. The SMILES string of the molecule is O=c1cc2c(nn1CC1CCCN1Cc1nnc(C(F)(F)F)o1)CCC2. The fourth-order valence-electron chi connectivity index (χ4n) is 3.69. The fourth-order valence-corrected chi connectivity index (χ4v) is 3.69. The summed E-state index contributed by atoms with van der Waals surface area (Å²) in [4.78, 5) is 14.2. The summed E-state index contributed by atoms with van der Waals surface area (Å²) in [5.74, 6) is -1.40. The van der Waals surface area contributed by atoms with Gasteiger partial charge in [0.1, 0.15) is 0 Å². The number of halogens is 3. The predicted octanol–water partition coefficient (Wildman–Crippen LogP) is 1.80. The number of alkyl halides is 3. The Bertz CT molecular complexity index is 860. The zero-order valence-corrected chi connectivity index (χ0v) is 14.0. The molecule has 1 atom stereocenters. The predicted molar refractivity (Wildman–Crippen MR) is 83.3 cm³/mol. The highest BCUT2D eigenvalue weighted by Gasteiger charge is 2.38. The van der Waals surface area contributed by atoms with E-state index >= 15 is 0 Å². The lowest BCUT2D eigenvalue weighted by molar-refractivity contribution is -0.157. The molecule has 0 spiro atoms. The van der Waals surface area contributed by atoms with Gasteiger partial charge in [0.15, 0.2) is 0 Å². The molecule has 10 heteroatoms. The van der Waals surface area contributed by atoms with Crippen molar-refractivity contribution in [1.82, 2.24) is 24.9 Å². The molecule has 0 saturated carbocycles. The van der Waals surface area contributed by atoms with Gasteiger partial charge >= 0.3 is 12.1 Å². The normalized spacial score (nSPS) is 20.7. The standard InChI is InChI=1S/C16H18F3N5O2/c17-16(18,19)15-21-20-13(26-15)9-23-6-2-4-11(23)8-24-14(25)7-10-3-1-5-12(10)22-24/h7,11H,1-6,8-9H2. The van der Waals surface area contributed by atoms with Crippen LogP contribution >= 0.6 is 0 Å². The highest BCUT2D eigenvalue weighted by molar-refractivity contribution is 5.22. The van der Waals surface area contributed by atoms with Crippen molar-refractivity contribution in [3.63, 3.8) is 0 Å². The third-order valence-electron chi connectivity index (χ3n) is 4.95. The molecule has 1 aliphatic carbocycles. The molecular weight excluding hydrogens is 351 g/mol. The molecule has 0 amide bonds. The van der Waals surface area contributed by atoms with Crippen LogP contribution in [0.4, 0.5) is 13.2 Å². The van der Waals surface area contributed by atoms with Gasteiger partial charge in [-0.3, -0.25) is 9.69 Å². The minimum atomic E-state index is -4.64. The zero-order valence-electron chi connectivity index (χ0n) is 14.0. The Kier molecular flexibility index (Phi) is 4.29. The zero-order chi connectivity index (χ0) is 18.3. The van der Waals surface area contributed by atoms with Crippen LogP contribution in [0.2, 0.25) is 0 Å². The summed E-state index contributed by atoms with van der Waals surface area (Å²) in [6.07, 6.45) is -0.119. The maximum atomic E-state index is 12.6. The summed E-state index contributed by atoms with van der Waals surface area (Å²) >= 11 is 0. The lowest BCUT2D eigenvalue weighted by atomic mass is 10.2. The van der Waals surface area contributed by atoms with Crippen LogP contribution in [-0.4, -0.2) is 37.5 Å². The first-order chi connectivity index (χ1) is 12.4. The molecule has 1 aliphatic heterocycles. The first kappa shape index (κ1) is 17.2. The number of rotatable bonds is 4. The molecule has 140 valence electrons. The lowest BCUT2D eigenvalue weighted by Gasteiger charge is -2.23. The van der Waals surface area contributed by atoms with E-state index < -0.39 is 12.1 Å². The van der Waals surface area contributed by atoms with Crippen LogP contribution in [0.3, 0.4) is 0 Å². The number of aryl methyl sites for hydroxylation is 2. The van der Waals surface area contributed by atoms with Crippen LogP contribution in [0.25, 0.3) is 0 Å². The van der Waals surface area contributed by atoms with Gasteiger partial charge in [0.05, 0.1) is 18.8 Å². The van der Waals surface area contributed by atoms with Gasteiger partial charge < -0.3 is 4.42 Å². The number of aromatic nitrogens is 4. The molecule has 1 fully saturated rings. The molecule has 0 bridgehead atoms. The molecule has 26 heavy (non-hydrogen) atoms. The second-order valence-corrected chi connectivity index (χ2v) is 6.76. The fraction of sp³-hybridized carbons (Fsp3) is 0.625. The quantitative estimate of drug-likeness (QED) is 0.818. The van der Waals surface area contributed by atoms with Crippen molar-refractivity contribution in [2.45, 2.75) is 57.4 Å². The van der Waals surface area contributed by atoms with E-state index in [9.17, 15) is 18.0 Å². The highest BCUT2D eigenvalue weighted by Crippen LogP contribution is 2.28. The molecule has 4 rings (SSSR count). The van der Waals surface area contributed by atoms with Crippen LogP contribution in [0.15, 0.2) is 15.3 Å². The third-order valence-corrected chi connectivity index (χ3v) is 4.95. The molecule has 2 aromatic heterocycles. The monoisotopic (exact) mass is 369 g/mol. The van der Waals surface area contributed by atoms with Gasteiger partial charge in [-0.15, -0.1) is 10.2 Å². The summed E-state index contributed by atoms with van der Waals surface area (Å²) in [6.45, 7) is 1.24. The first-order valence-electron chi connectivity index (χ1n) is 8.64. The molecule has 1 saturated heterocycles. The van der Waals surface area contributed by atoms with Gasteiger partial charge in [-0.2, -0.15) is 18.3 Å². The average Bonchev–Trinajstić information content (AvgIpc) is 3.29. The van der Waals surface area contributed by atoms with E-state index in [-0.39, 0.29) is 24.0 Å². The van der Waals surface area contributed by atoms with Crippen molar-refractivity contribution >= 4 is 0 Å². The lowest BCUT2D eigenvalue weighted by Crippen LogP contribution is -2.37. The molecule has 0 radical (unpaired) electrons. The highest BCUT2D eigenvalue weighted by atomic mass is 19.4. The topological polar surface area (TPSA) is 77.1 Å². The van der Waals surface area contributed by atoms with Crippen molar-refractivity contribution in [2.24, 2.45) is 0 Å². The Morgan fingerprint density at radius 1 is 1.23 bits per heavy atom. The van der Waals surface area contributed by atoms with E-state index in [1.807, 2.05) is 4.90 Å². The number of nitrogens with zero attached hydrogens (tertiary/aromatic N) is 5. The molecular formula is C16H18F3N5O2. The van der Waals surface area contributed by atoms with Crippen LogP contribution in [0.5, 0.6) is 0 Å². The van der Waals surface area contributed by atoms with Gasteiger partial charge in [-0.25, -0.2) is 4.68 Å². The van der Waals surface area contributed by atoms with E-state index in [2.05, 4.69) is 15.3 Å². The van der Waals surface area contributed by atoms with E-state index in [1.165, 1.54) is 4.68 Å². The maximum absolute atomic E-state index is 12.6. The minimum Gasteiger partial charge on any atom is -0.416 e. The Morgan fingerprint density at radius 2 is 2.08 bits per heavy atom. The van der Waals surface area contributed by atoms with Crippen LogP contribution in [0.1, 0.15) is 42.3 Å². The van der Waals surface area contributed by atoms with E-state index in [0.29, 0.717) is 13.1 Å². The minimum absolute atomic E-state index is 0.000824. The Morgan fingerprint density at radius 3 is 2.85 bits per heavy atom. The molecule has 7 nitrogen and oxygen atoms in total. The van der Waals surface area contributed by atoms with Crippen LogP contribution in [-0.2, 0) is 32.1 Å². The number of hydrogen-bond donors (Lipinski definition) is 0. The van der Waals surface area contributed by atoms with Gasteiger partial charge in [0.2, 0.25) is 5.89 Å². The van der Waals surface area contributed by atoms with Crippen molar-refractivity contribution in [1.29, 1.82) is 0 Å². The summed E-state index contributed by atoms with van der Waals surface area (Å²) in [6, 6.07) is 1.66. The molecule has 0 N–H and O–H groups in total. The van der Waals surface area contributed by atoms with Crippen LogP contribution < -0.4 is 5.56 Å². The number of fused-ring (bicyclic) bond motifs is 1. The molecule has 1 unspecified atom stereocenters. The van der Waals surface area contributed by atoms with E-state index in [1.54, 1.807) is 6.07 Å². The van der Waals surface area contributed by atoms with Crippen molar-refractivity contribution in [2.75, 3.05) is 6.54 Å². The number of hydrogen-bond acceptors (Lipinski definition) is 6. The summed E-state index contributed by atoms with van der Waals surface area (Å²) in [5.41, 5.74) is 1.87. The van der Waals surface area contributed by atoms with E-state index in [0.717, 1.165) is 43.4 Å². The van der Waals surface area contributed by atoms with E-state index in [4.69, 9.17) is 4.42 Å². The van der Waals surface area contributed by atoms with Gasteiger partial charge in [0.25, 0.3) is 5.56 Å². The van der Waals surface area contributed by atoms with Gasteiger partial charge in [0, 0.05) is 12.1 Å². The Hall–Kier alpha value is -2.23. The summed E-state index contributed by atoms with van der Waals surface area (Å²) in [7, 11) is 0.